The Morgan fingerprint density at radius 3 is 2.33 bits per heavy atom. The zero-order chi connectivity index (χ0) is 15.2. The van der Waals surface area contributed by atoms with Gasteiger partial charge in [0.1, 0.15) is 0 Å². The molecule has 0 aromatic carbocycles. The van der Waals surface area contributed by atoms with Crippen LogP contribution in [-0.2, 0) is 4.79 Å². The zero-order valence-corrected chi connectivity index (χ0v) is 13.9. The highest BCUT2D eigenvalue weighted by molar-refractivity contribution is 5.78. The van der Waals surface area contributed by atoms with Crippen LogP contribution in [0.25, 0.3) is 0 Å². The third-order valence-electron chi connectivity index (χ3n) is 4.63. The number of nitrogens with zero attached hydrogens (tertiary/aromatic N) is 2. The fraction of sp³-hybridized carbons (Fsp3) is 0.938. The maximum Gasteiger partial charge on any atom is 0.234 e. The van der Waals surface area contributed by atoms with Gasteiger partial charge in [0.15, 0.2) is 0 Å². The number of amides is 1. The number of rotatable bonds is 7. The predicted octanol–water partition coefficient (Wildman–Crippen LogP) is 0.517. The Balaban J connectivity index is 1.60. The number of carbonyl (C=O) groups excluding carboxylic acids is 1. The van der Waals surface area contributed by atoms with Crippen LogP contribution < -0.4 is 10.6 Å². The van der Waals surface area contributed by atoms with Crippen LogP contribution >= 0.6 is 0 Å². The van der Waals surface area contributed by atoms with Crippen molar-refractivity contribution in [3.05, 3.63) is 0 Å². The first-order valence-corrected chi connectivity index (χ1v) is 8.51. The summed E-state index contributed by atoms with van der Waals surface area (Å²) < 4.78 is 0. The van der Waals surface area contributed by atoms with E-state index in [1.807, 2.05) is 0 Å². The predicted molar refractivity (Wildman–Crippen MR) is 86.3 cm³/mol. The van der Waals surface area contributed by atoms with E-state index in [4.69, 9.17) is 0 Å². The molecule has 2 rings (SSSR count). The Morgan fingerprint density at radius 1 is 1.14 bits per heavy atom. The Morgan fingerprint density at radius 2 is 1.81 bits per heavy atom. The molecule has 0 aromatic rings. The lowest BCUT2D eigenvalue weighted by molar-refractivity contribution is -0.123. The standard InChI is InChI=1S/C16H32N4O/c1-13(2)4-5-14(3)18-16(21)12-19-6-8-20(9-7-19)15-10-17-11-15/h13-15,17H,4-12H2,1-3H3,(H,18,21). The fourth-order valence-electron chi connectivity index (χ4n) is 3.00. The van der Waals surface area contributed by atoms with Crippen LogP contribution in [0.5, 0.6) is 0 Å². The van der Waals surface area contributed by atoms with E-state index in [0.717, 1.165) is 51.7 Å². The van der Waals surface area contributed by atoms with Crippen molar-refractivity contribution in [1.29, 1.82) is 0 Å². The lowest BCUT2D eigenvalue weighted by Gasteiger charge is -2.43. The van der Waals surface area contributed by atoms with Crippen LogP contribution in [0.4, 0.5) is 0 Å². The molecule has 2 fully saturated rings. The molecule has 0 saturated carbocycles. The van der Waals surface area contributed by atoms with Crippen LogP contribution in [0, 0.1) is 5.92 Å². The summed E-state index contributed by atoms with van der Waals surface area (Å²) in [6.07, 6.45) is 2.25. The topological polar surface area (TPSA) is 47.6 Å². The van der Waals surface area contributed by atoms with E-state index in [0.29, 0.717) is 18.5 Å². The summed E-state index contributed by atoms with van der Waals surface area (Å²) in [6.45, 7) is 13.6. The Kier molecular flexibility index (Phi) is 6.45. The zero-order valence-electron chi connectivity index (χ0n) is 13.9. The molecule has 5 heteroatoms. The van der Waals surface area contributed by atoms with Gasteiger partial charge in [-0.25, -0.2) is 0 Å². The molecule has 2 aliphatic heterocycles. The first kappa shape index (κ1) is 16.7. The molecule has 122 valence electrons. The van der Waals surface area contributed by atoms with Crippen molar-refractivity contribution < 1.29 is 4.79 Å². The summed E-state index contributed by atoms with van der Waals surface area (Å²) in [4.78, 5) is 16.9. The summed E-state index contributed by atoms with van der Waals surface area (Å²) in [7, 11) is 0. The maximum atomic E-state index is 12.1. The smallest absolute Gasteiger partial charge is 0.234 e. The molecule has 2 heterocycles. The average molecular weight is 296 g/mol. The second-order valence-electron chi connectivity index (χ2n) is 7.06. The van der Waals surface area contributed by atoms with Crippen LogP contribution in [-0.4, -0.2) is 73.6 Å². The van der Waals surface area contributed by atoms with Crippen LogP contribution in [0.1, 0.15) is 33.6 Å². The Bertz CT molecular complexity index is 322. The summed E-state index contributed by atoms with van der Waals surface area (Å²) >= 11 is 0. The van der Waals surface area contributed by atoms with Gasteiger partial charge >= 0.3 is 0 Å². The van der Waals surface area contributed by atoms with E-state index < -0.39 is 0 Å². The van der Waals surface area contributed by atoms with E-state index >= 15 is 0 Å². The molecule has 0 bridgehead atoms. The maximum absolute atomic E-state index is 12.1. The highest BCUT2D eigenvalue weighted by Gasteiger charge is 2.28. The summed E-state index contributed by atoms with van der Waals surface area (Å²) in [5.74, 6) is 0.892. The Labute approximate surface area is 129 Å². The highest BCUT2D eigenvalue weighted by atomic mass is 16.2. The molecule has 2 N–H and O–H groups in total. The molecule has 21 heavy (non-hydrogen) atoms. The van der Waals surface area contributed by atoms with Crippen molar-refractivity contribution in [1.82, 2.24) is 20.4 Å². The molecule has 0 aromatic heterocycles. The van der Waals surface area contributed by atoms with Gasteiger partial charge in [-0.1, -0.05) is 13.8 Å². The quantitative estimate of drug-likeness (QED) is 0.719. The average Bonchev–Trinajstić information content (AvgIpc) is 2.36. The van der Waals surface area contributed by atoms with Gasteiger partial charge in [0.25, 0.3) is 0 Å². The molecule has 1 atom stereocenters. The first-order chi connectivity index (χ1) is 10.0. The first-order valence-electron chi connectivity index (χ1n) is 8.51. The molecule has 0 aliphatic carbocycles. The van der Waals surface area contributed by atoms with Gasteiger partial charge in [0.2, 0.25) is 5.91 Å². The Hall–Kier alpha value is -0.650. The summed E-state index contributed by atoms with van der Waals surface area (Å²) in [6, 6.07) is 1.03. The van der Waals surface area contributed by atoms with Crippen molar-refractivity contribution in [2.24, 2.45) is 5.92 Å². The van der Waals surface area contributed by atoms with Crippen molar-refractivity contribution in [3.8, 4) is 0 Å². The summed E-state index contributed by atoms with van der Waals surface area (Å²) in [5.41, 5.74) is 0. The highest BCUT2D eigenvalue weighted by Crippen LogP contribution is 2.10. The van der Waals surface area contributed by atoms with Crippen molar-refractivity contribution in [2.75, 3.05) is 45.8 Å². The summed E-state index contributed by atoms with van der Waals surface area (Å²) in [5, 5.41) is 6.46. The van der Waals surface area contributed by atoms with Gasteiger partial charge in [-0.15, -0.1) is 0 Å². The molecule has 2 aliphatic rings. The second-order valence-corrected chi connectivity index (χ2v) is 7.06. The van der Waals surface area contributed by atoms with E-state index in [1.54, 1.807) is 0 Å². The van der Waals surface area contributed by atoms with Gasteiger partial charge in [0.05, 0.1) is 6.54 Å². The molecule has 1 amide bonds. The molecule has 0 spiro atoms. The molecule has 1 unspecified atom stereocenters. The van der Waals surface area contributed by atoms with Crippen molar-refractivity contribution in [3.63, 3.8) is 0 Å². The molecule has 0 radical (unpaired) electrons. The van der Waals surface area contributed by atoms with Crippen LogP contribution in [0.2, 0.25) is 0 Å². The lowest BCUT2D eigenvalue weighted by atomic mass is 10.0. The minimum Gasteiger partial charge on any atom is -0.353 e. The molecular weight excluding hydrogens is 264 g/mol. The number of hydrogen-bond acceptors (Lipinski definition) is 4. The van der Waals surface area contributed by atoms with E-state index in [9.17, 15) is 4.79 Å². The van der Waals surface area contributed by atoms with Gasteiger partial charge in [-0.05, 0) is 25.7 Å². The fourth-order valence-corrected chi connectivity index (χ4v) is 3.00. The van der Waals surface area contributed by atoms with Crippen LogP contribution in [0.3, 0.4) is 0 Å². The van der Waals surface area contributed by atoms with Gasteiger partial charge in [0, 0.05) is 51.4 Å². The van der Waals surface area contributed by atoms with Crippen molar-refractivity contribution in [2.45, 2.75) is 45.7 Å². The SMILES string of the molecule is CC(C)CCC(C)NC(=O)CN1CCN(C2CNC2)CC1. The van der Waals surface area contributed by atoms with Crippen LogP contribution in [0.15, 0.2) is 0 Å². The molecular formula is C16H32N4O. The van der Waals surface area contributed by atoms with E-state index in [-0.39, 0.29) is 5.91 Å². The number of hydrogen-bond donors (Lipinski definition) is 2. The molecule has 2 saturated heterocycles. The minimum atomic E-state index is 0.185. The van der Waals surface area contributed by atoms with E-state index in [1.165, 1.54) is 6.42 Å². The largest absolute Gasteiger partial charge is 0.353 e. The van der Waals surface area contributed by atoms with Gasteiger partial charge in [-0.2, -0.15) is 0 Å². The lowest BCUT2D eigenvalue weighted by Crippen LogP contribution is -2.62. The van der Waals surface area contributed by atoms with Crippen molar-refractivity contribution >= 4 is 5.91 Å². The molecule has 5 nitrogen and oxygen atoms in total. The third kappa shape index (κ3) is 5.57. The number of nitrogens with one attached hydrogen (secondary N) is 2. The number of piperazine rings is 1. The third-order valence-corrected chi connectivity index (χ3v) is 4.63. The van der Waals surface area contributed by atoms with Gasteiger partial charge in [-0.3, -0.25) is 14.6 Å². The monoisotopic (exact) mass is 296 g/mol. The number of carbonyl (C=O) groups is 1. The second kappa shape index (κ2) is 8.11. The van der Waals surface area contributed by atoms with E-state index in [2.05, 4.69) is 41.2 Å². The van der Waals surface area contributed by atoms with Gasteiger partial charge < -0.3 is 10.6 Å². The minimum absolute atomic E-state index is 0.185. The normalized spacial score (nSPS) is 23.0.